The van der Waals surface area contributed by atoms with Gasteiger partial charge < -0.3 is 14.2 Å². The average molecular weight is 407 g/mol. The van der Waals surface area contributed by atoms with Crippen LogP contribution in [0.25, 0.3) is 11.6 Å². The summed E-state index contributed by atoms with van der Waals surface area (Å²) in [4.78, 5) is 26.9. The Balaban J connectivity index is 1.80. The Bertz CT molecular complexity index is 980. The van der Waals surface area contributed by atoms with Crippen LogP contribution in [0.2, 0.25) is 0 Å². The molecule has 0 atom stereocenters. The van der Waals surface area contributed by atoms with Gasteiger partial charge in [0.25, 0.3) is 11.8 Å². The van der Waals surface area contributed by atoms with Crippen molar-refractivity contribution in [3.8, 4) is 17.2 Å². The molecule has 0 spiro atoms. The molecule has 0 N–H and O–H groups in total. The molecule has 0 fully saturated rings. The Labute approximate surface area is 176 Å². The largest absolute Gasteiger partial charge is 0.493 e. The number of hydrogen-bond acceptors (Lipinski definition) is 5. The highest BCUT2D eigenvalue weighted by molar-refractivity contribution is 6.25. The fourth-order valence-corrected chi connectivity index (χ4v) is 3.31. The summed E-state index contributed by atoms with van der Waals surface area (Å²) in [6.45, 7) is 2.34. The third kappa shape index (κ3) is 4.38. The lowest BCUT2D eigenvalue weighted by Gasteiger charge is -2.24. The van der Waals surface area contributed by atoms with E-state index < -0.39 is 0 Å². The normalized spacial score (nSPS) is 13.9. The zero-order chi connectivity index (χ0) is 21.7. The number of carbonyl (C=O) groups excluding carboxylic acids is 2. The molecule has 0 aromatic heterocycles. The van der Waals surface area contributed by atoms with Gasteiger partial charge in [-0.25, -0.2) is 0 Å². The predicted molar refractivity (Wildman–Crippen MR) is 116 cm³/mol. The molecule has 1 aliphatic rings. The third-order valence-electron chi connectivity index (χ3n) is 4.91. The molecule has 1 aliphatic heterocycles. The Morgan fingerprint density at radius 3 is 2.20 bits per heavy atom. The zero-order valence-electron chi connectivity index (χ0n) is 17.6. The lowest BCUT2D eigenvalue weighted by atomic mass is 9.99. The number of imide groups is 1. The van der Waals surface area contributed by atoms with Crippen molar-refractivity contribution >= 4 is 23.5 Å². The van der Waals surface area contributed by atoms with E-state index in [-0.39, 0.29) is 11.8 Å². The molecule has 0 unspecified atom stereocenters. The van der Waals surface area contributed by atoms with Gasteiger partial charge in [0.2, 0.25) is 5.75 Å². The minimum atomic E-state index is -0.369. The van der Waals surface area contributed by atoms with E-state index in [1.54, 1.807) is 18.2 Å². The molecule has 2 aromatic carbocycles. The van der Waals surface area contributed by atoms with E-state index >= 15 is 0 Å². The number of methoxy groups -OCH3 is 3. The number of amides is 2. The monoisotopic (exact) mass is 407 g/mol. The molecule has 6 nitrogen and oxygen atoms in total. The van der Waals surface area contributed by atoms with Crippen LogP contribution in [0, 0.1) is 6.92 Å². The van der Waals surface area contributed by atoms with E-state index in [1.807, 2.05) is 37.3 Å². The second kappa shape index (κ2) is 9.31. The van der Waals surface area contributed by atoms with Crippen LogP contribution in [-0.2, 0) is 9.59 Å². The first-order valence-electron chi connectivity index (χ1n) is 9.59. The van der Waals surface area contributed by atoms with Crippen LogP contribution < -0.4 is 14.2 Å². The number of aryl methyl sites for hydroxylation is 1. The molecule has 0 saturated heterocycles. The van der Waals surface area contributed by atoms with Crippen molar-refractivity contribution in [1.29, 1.82) is 0 Å². The number of carbonyl (C=O) groups is 2. The Morgan fingerprint density at radius 1 is 1.00 bits per heavy atom. The molecule has 3 rings (SSSR count). The first-order chi connectivity index (χ1) is 14.5. The van der Waals surface area contributed by atoms with Gasteiger partial charge >= 0.3 is 0 Å². The average Bonchev–Trinajstić information content (AvgIpc) is 2.77. The van der Waals surface area contributed by atoms with Crippen LogP contribution in [0.4, 0.5) is 0 Å². The van der Waals surface area contributed by atoms with Crippen LogP contribution in [0.5, 0.6) is 17.2 Å². The van der Waals surface area contributed by atoms with Gasteiger partial charge in [-0.3, -0.25) is 14.5 Å². The van der Waals surface area contributed by atoms with Gasteiger partial charge in [-0.2, -0.15) is 0 Å². The second-order valence-corrected chi connectivity index (χ2v) is 6.86. The number of hydrogen-bond donors (Lipinski definition) is 0. The van der Waals surface area contributed by atoms with Crippen LogP contribution in [0.15, 0.2) is 48.6 Å². The van der Waals surface area contributed by atoms with Gasteiger partial charge in [0.1, 0.15) is 0 Å². The minimum absolute atomic E-state index is 0.287. The van der Waals surface area contributed by atoms with Crippen molar-refractivity contribution in [2.75, 3.05) is 27.9 Å². The zero-order valence-corrected chi connectivity index (χ0v) is 17.6. The molecule has 6 heteroatoms. The standard InChI is InChI=1S/C24H25NO5/c1-16-7-10-18(11-8-16)19-6-5-13-25(24(19)27)22(26)12-9-17-14-20(28-2)23(30-4)21(15-17)29-3/h6-12,14-15H,5,13H2,1-4H3. The topological polar surface area (TPSA) is 65.1 Å². The molecule has 0 bridgehead atoms. The van der Waals surface area contributed by atoms with Crippen LogP contribution >= 0.6 is 0 Å². The Kier molecular flexibility index (Phi) is 6.57. The molecule has 156 valence electrons. The minimum Gasteiger partial charge on any atom is -0.493 e. The number of rotatable bonds is 6. The Hall–Kier alpha value is -3.54. The van der Waals surface area contributed by atoms with E-state index in [9.17, 15) is 9.59 Å². The molecule has 0 aliphatic carbocycles. The smallest absolute Gasteiger partial charge is 0.261 e. The quantitative estimate of drug-likeness (QED) is 0.680. The fraction of sp³-hybridized carbons (Fsp3) is 0.250. The van der Waals surface area contributed by atoms with Crippen molar-refractivity contribution in [2.45, 2.75) is 13.3 Å². The SMILES string of the molecule is COc1cc(C=CC(=O)N2CCC=C(c3ccc(C)cc3)C2=O)cc(OC)c1OC. The fourth-order valence-electron chi connectivity index (χ4n) is 3.31. The van der Waals surface area contributed by atoms with Crippen LogP contribution in [0.1, 0.15) is 23.1 Å². The van der Waals surface area contributed by atoms with Crippen molar-refractivity contribution in [3.05, 3.63) is 65.2 Å². The van der Waals surface area contributed by atoms with E-state index in [4.69, 9.17) is 14.2 Å². The van der Waals surface area contributed by atoms with Crippen molar-refractivity contribution in [3.63, 3.8) is 0 Å². The van der Waals surface area contributed by atoms with Gasteiger partial charge in [-0.1, -0.05) is 35.9 Å². The lowest BCUT2D eigenvalue weighted by Crippen LogP contribution is -2.39. The lowest BCUT2D eigenvalue weighted by molar-refractivity contribution is -0.138. The van der Waals surface area contributed by atoms with E-state index in [2.05, 4.69) is 0 Å². The number of benzene rings is 2. The van der Waals surface area contributed by atoms with Crippen molar-refractivity contribution in [1.82, 2.24) is 4.90 Å². The molecule has 0 radical (unpaired) electrons. The predicted octanol–water partition coefficient (Wildman–Crippen LogP) is 3.88. The van der Waals surface area contributed by atoms with E-state index in [0.717, 1.165) is 11.1 Å². The van der Waals surface area contributed by atoms with E-state index in [0.29, 0.717) is 41.4 Å². The highest BCUT2D eigenvalue weighted by Gasteiger charge is 2.26. The highest BCUT2D eigenvalue weighted by atomic mass is 16.5. The van der Waals surface area contributed by atoms with Crippen LogP contribution in [-0.4, -0.2) is 44.6 Å². The second-order valence-electron chi connectivity index (χ2n) is 6.86. The van der Waals surface area contributed by atoms with Gasteiger partial charge in [-0.05, 0) is 42.7 Å². The maximum Gasteiger partial charge on any atom is 0.261 e. The first kappa shape index (κ1) is 21.2. The summed E-state index contributed by atoms with van der Waals surface area (Å²) in [5.41, 5.74) is 3.17. The summed E-state index contributed by atoms with van der Waals surface area (Å²) in [5, 5.41) is 0. The summed E-state index contributed by atoms with van der Waals surface area (Å²) in [7, 11) is 4.59. The molecule has 2 amide bonds. The van der Waals surface area contributed by atoms with Gasteiger partial charge in [0.05, 0.1) is 21.3 Å². The molecule has 0 saturated carbocycles. The summed E-state index contributed by atoms with van der Waals surface area (Å²) >= 11 is 0. The summed E-state index contributed by atoms with van der Waals surface area (Å²) in [6.07, 6.45) is 5.53. The molecule has 1 heterocycles. The van der Waals surface area contributed by atoms with Gasteiger partial charge in [0.15, 0.2) is 11.5 Å². The molecular formula is C24H25NO5. The van der Waals surface area contributed by atoms with Crippen molar-refractivity contribution in [2.24, 2.45) is 0 Å². The van der Waals surface area contributed by atoms with Gasteiger partial charge in [-0.15, -0.1) is 0 Å². The van der Waals surface area contributed by atoms with Gasteiger partial charge in [0, 0.05) is 18.2 Å². The maximum absolute atomic E-state index is 12.9. The third-order valence-corrected chi connectivity index (χ3v) is 4.91. The van der Waals surface area contributed by atoms with E-state index in [1.165, 1.54) is 32.3 Å². The number of nitrogens with zero attached hydrogens (tertiary/aromatic N) is 1. The molecule has 2 aromatic rings. The van der Waals surface area contributed by atoms with Crippen molar-refractivity contribution < 1.29 is 23.8 Å². The number of ether oxygens (including phenoxy) is 3. The summed E-state index contributed by atoms with van der Waals surface area (Å²) < 4.78 is 16.0. The Morgan fingerprint density at radius 2 is 1.63 bits per heavy atom. The maximum atomic E-state index is 12.9. The summed E-state index contributed by atoms with van der Waals surface area (Å²) in [5.74, 6) is 0.795. The first-order valence-corrected chi connectivity index (χ1v) is 9.59. The van der Waals surface area contributed by atoms with Crippen LogP contribution in [0.3, 0.4) is 0 Å². The molecular weight excluding hydrogens is 382 g/mol. The molecule has 30 heavy (non-hydrogen) atoms. The highest BCUT2D eigenvalue weighted by Crippen LogP contribution is 2.38. The summed E-state index contributed by atoms with van der Waals surface area (Å²) in [6, 6.07) is 11.2.